The number of nitrogens with one attached hydrogen (secondary N) is 1. The van der Waals surface area contributed by atoms with Crippen molar-refractivity contribution in [1.82, 2.24) is 33.7 Å². The Kier molecular flexibility index (Phi) is 5.49. The minimum atomic E-state index is -0.524. The molecule has 0 radical (unpaired) electrons. The summed E-state index contributed by atoms with van der Waals surface area (Å²) in [4.78, 5) is 26.2. The van der Waals surface area contributed by atoms with Crippen LogP contribution in [0.5, 0.6) is 17.4 Å². The van der Waals surface area contributed by atoms with Gasteiger partial charge in [-0.25, -0.2) is 14.5 Å². The van der Waals surface area contributed by atoms with E-state index >= 15 is 0 Å². The fourth-order valence-corrected chi connectivity index (χ4v) is 5.08. The third-order valence-electron chi connectivity index (χ3n) is 7.33. The van der Waals surface area contributed by atoms with Crippen molar-refractivity contribution in [3.05, 3.63) is 58.0 Å². The zero-order valence-electron chi connectivity index (χ0n) is 21.2. The first-order valence-corrected chi connectivity index (χ1v) is 13.1. The second kappa shape index (κ2) is 8.95. The Labute approximate surface area is 226 Å². The number of aromatic nitrogens is 7. The van der Waals surface area contributed by atoms with Crippen molar-refractivity contribution >= 4 is 39.9 Å². The Morgan fingerprint density at radius 2 is 1.95 bits per heavy atom. The van der Waals surface area contributed by atoms with Gasteiger partial charge in [0, 0.05) is 32.7 Å². The largest absolute Gasteiger partial charge is 0.470 e. The number of hydrogen-bond acceptors (Lipinski definition) is 9. The first kappa shape index (κ1) is 23.9. The van der Waals surface area contributed by atoms with Gasteiger partial charge in [0.1, 0.15) is 22.3 Å². The van der Waals surface area contributed by atoms with Crippen LogP contribution in [0.25, 0.3) is 16.7 Å². The topological polar surface area (TPSA) is 134 Å². The summed E-state index contributed by atoms with van der Waals surface area (Å²) in [5.74, 6) is 1.89. The summed E-state index contributed by atoms with van der Waals surface area (Å²) >= 11 is 6.81. The number of ether oxygens (including phenoxy) is 2. The van der Waals surface area contributed by atoms with E-state index in [0.717, 1.165) is 24.8 Å². The number of aliphatic hydroxyl groups is 1. The number of hydrogen-bond donors (Lipinski definition) is 2. The molecular formula is C26H25ClN8O4. The number of imidazole rings is 1. The van der Waals surface area contributed by atoms with Gasteiger partial charge < -0.3 is 29.0 Å². The van der Waals surface area contributed by atoms with Crippen LogP contribution >= 0.6 is 11.6 Å². The van der Waals surface area contributed by atoms with Gasteiger partial charge in [-0.1, -0.05) is 11.6 Å². The first-order chi connectivity index (χ1) is 18.9. The lowest BCUT2D eigenvalue weighted by molar-refractivity contribution is -0.0377. The van der Waals surface area contributed by atoms with Crippen LogP contribution in [0, 0.1) is 0 Å². The monoisotopic (exact) mass is 548 g/mol. The number of nitrogens with zero attached hydrogens (tertiary/aromatic N) is 7. The quantitative estimate of drug-likeness (QED) is 0.312. The molecule has 2 saturated carbocycles. The minimum Gasteiger partial charge on any atom is -0.470 e. The molecule has 13 heteroatoms. The highest BCUT2D eigenvalue weighted by molar-refractivity contribution is 6.36. The summed E-state index contributed by atoms with van der Waals surface area (Å²) < 4.78 is 17.0. The van der Waals surface area contributed by atoms with Gasteiger partial charge >= 0.3 is 0 Å². The molecule has 2 aliphatic carbocycles. The molecule has 0 unspecified atom stereocenters. The average molecular weight is 549 g/mol. The second-order valence-electron chi connectivity index (χ2n) is 10.0. The third kappa shape index (κ3) is 4.07. The molecule has 12 nitrogen and oxygen atoms in total. The van der Waals surface area contributed by atoms with Crippen LogP contribution in [-0.4, -0.2) is 51.0 Å². The second-order valence-corrected chi connectivity index (χ2v) is 10.4. The van der Waals surface area contributed by atoms with Crippen LogP contribution in [-0.2, 0) is 14.1 Å². The maximum Gasteiger partial charge on any atom is 0.274 e. The summed E-state index contributed by atoms with van der Waals surface area (Å²) in [5.41, 5.74) is 2.86. The Morgan fingerprint density at radius 1 is 1.10 bits per heavy atom. The van der Waals surface area contributed by atoms with E-state index in [4.69, 9.17) is 21.1 Å². The van der Waals surface area contributed by atoms with Crippen molar-refractivity contribution < 1.29 is 14.6 Å². The number of rotatable bonds is 7. The van der Waals surface area contributed by atoms with Gasteiger partial charge in [-0.3, -0.25) is 4.79 Å². The van der Waals surface area contributed by atoms with Crippen molar-refractivity contribution in [3.8, 4) is 17.4 Å². The van der Waals surface area contributed by atoms with Gasteiger partial charge in [-0.15, -0.1) is 0 Å². The van der Waals surface area contributed by atoms with Crippen molar-refractivity contribution in [1.29, 1.82) is 0 Å². The predicted molar refractivity (Wildman–Crippen MR) is 143 cm³/mol. The molecule has 2 N–H and O–H groups in total. The molecule has 0 spiro atoms. The van der Waals surface area contributed by atoms with Crippen LogP contribution in [0.1, 0.15) is 37.2 Å². The molecule has 5 aromatic heterocycles. The molecule has 200 valence electrons. The molecule has 0 aromatic carbocycles. The normalized spacial score (nSPS) is 18.9. The maximum atomic E-state index is 12.8. The molecule has 2 atom stereocenters. The number of halogens is 1. The van der Waals surface area contributed by atoms with Crippen molar-refractivity contribution in [2.24, 2.45) is 14.1 Å². The van der Waals surface area contributed by atoms with E-state index in [1.165, 1.54) is 6.20 Å². The van der Waals surface area contributed by atoms with Gasteiger partial charge in [0.2, 0.25) is 11.8 Å². The smallest absolute Gasteiger partial charge is 0.274 e. The van der Waals surface area contributed by atoms with Gasteiger partial charge in [0.25, 0.3) is 5.56 Å². The van der Waals surface area contributed by atoms with E-state index < -0.39 is 6.10 Å². The van der Waals surface area contributed by atoms with Crippen molar-refractivity contribution in [3.63, 3.8) is 0 Å². The summed E-state index contributed by atoms with van der Waals surface area (Å²) in [6, 6.07) is 1.89. The number of anilines is 2. The molecule has 7 rings (SSSR count). The highest BCUT2D eigenvalue weighted by Gasteiger charge is 2.32. The zero-order valence-corrected chi connectivity index (χ0v) is 22.0. The van der Waals surface area contributed by atoms with Crippen LogP contribution < -0.4 is 20.3 Å². The fraction of sp³-hybridized carbons (Fsp3) is 0.346. The lowest BCUT2D eigenvalue weighted by Gasteiger charge is -2.32. The maximum absolute atomic E-state index is 12.8. The summed E-state index contributed by atoms with van der Waals surface area (Å²) in [6.07, 6.45) is 11.0. The number of aliphatic hydroxyl groups excluding tert-OH is 1. The average Bonchev–Trinajstić information content (AvgIpc) is 3.62. The van der Waals surface area contributed by atoms with Crippen LogP contribution in [0.3, 0.4) is 0 Å². The third-order valence-corrected chi connectivity index (χ3v) is 7.69. The standard InChI is InChI=1S/C26H25ClN8O4/c1-33-12-14(13-3-4-13)9-15(25(33)37)31-26-32-23-22(34(26)2)20(27)18(10-29-23)38-19-11-30-35-8-7-28-24(21(19)35)39-17-6-5-16(17)36/h7-13,16-17,36H,3-6H2,1-2H3,(H,29,31,32)/t16-,17-/m0/s1. The molecule has 0 aliphatic heterocycles. The molecule has 0 amide bonds. The van der Waals surface area contributed by atoms with E-state index in [-0.39, 0.29) is 11.7 Å². The Morgan fingerprint density at radius 3 is 2.69 bits per heavy atom. The molecule has 39 heavy (non-hydrogen) atoms. The fourth-order valence-electron chi connectivity index (χ4n) is 4.78. The van der Waals surface area contributed by atoms with Crippen LogP contribution in [0.2, 0.25) is 5.02 Å². The molecular weight excluding hydrogens is 524 g/mol. The van der Waals surface area contributed by atoms with E-state index in [9.17, 15) is 9.90 Å². The molecule has 5 aromatic rings. The predicted octanol–water partition coefficient (Wildman–Crippen LogP) is 3.68. The highest BCUT2D eigenvalue weighted by atomic mass is 35.5. The van der Waals surface area contributed by atoms with Gasteiger partial charge in [0.15, 0.2) is 22.7 Å². The summed E-state index contributed by atoms with van der Waals surface area (Å²) in [6.45, 7) is 0. The minimum absolute atomic E-state index is 0.149. The Balaban J connectivity index is 1.22. The molecule has 0 saturated heterocycles. The molecule has 0 bridgehead atoms. The first-order valence-electron chi connectivity index (χ1n) is 12.7. The SMILES string of the molecule is Cn1cc(C2CC2)cc(Nc2nc3ncc(Oc4cnn5ccnc(O[C@H]6CC[C@@H]6O)c45)c(Cl)c3n2C)c1=O. The van der Waals surface area contributed by atoms with Crippen LogP contribution in [0.4, 0.5) is 11.6 Å². The lowest BCUT2D eigenvalue weighted by Crippen LogP contribution is -2.41. The number of fused-ring (bicyclic) bond motifs is 2. The highest BCUT2D eigenvalue weighted by Crippen LogP contribution is 2.41. The van der Waals surface area contributed by atoms with E-state index in [1.54, 1.807) is 46.3 Å². The van der Waals surface area contributed by atoms with Gasteiger partial charge in [-0.05, 0) is 43.2 Å². The molecule has 2 aliphatic rings. The molecule has 5 heterocycles. The zero-order chi connectivity index (χ0) is 26.8. The van der Waals surface area contributed by atoms with Crippen LogP contribution in [0.15, 0.2) is 41.8 Å². The van der Waals surface area contributed by atoms with Gasteiger partial charge in [0.05, 0.1) is 18.5 Å². The number of pyridine rings is 2. The molecule has 2 fully saturated rings. The van der Waals surface area contributed by atoms with Crippen molar-refractivity contribution in [2.45, 2.75) is 43.8 Å². The number of aryl methyl sites for hydroxylation is 2. The van der Waals surface area contributed by atoms with E-state index in [1.807, 2.05) is 12.3 Å². The summed E-state index contributed by atoms with van der Waals surface area (Å²) in [7, 11) is 3.54. The summed E-state index contributed by atoms with van der Waals surface area (Å²) in [5, 5.41) is 17.8. The Hall–Kier alpha value is -4.16. The van der Waals surface area contributed by atoms with E-state index in [0.29, 0.717) is 63.1 Å². The Bertz CT molecular complexity index is 1810. The van der Waals surface area contributed by atoms with E-state index in [2.05, 4.69) is 25.4 Å². The van der Waals surface area contributed by atoms with Crippen molar-refractivity contribution in [2.75, 3.05) is 5.32 Å². The lowest BCUT2D eigenvalue weighted by atomic mass is 9.92. The van der Waals surface area contributed by atoms with Gasteiger partial charge in [-0.2, -0.15) is 10.1 Å².